The second kappa shape index (κ2) is 6.53. The smallest absolute Gasteiger partial charge is 0.265 e. The largest absolute Gasteiger partial charge is 0.497 e. The molecule has 3 heterocycles. The predicted octanol–water partition coefficient (Wildman–Crippen LogP) is 2.79. The van der Waals surface area contributed by atoms with Gasteiger partial charge in [0.2, 0.25) is 0 Å². The van der Waals surface area contributed by atoms with Crippen molar-refractivity contribution in [2.24, 2.45) is 0 Å². The predicted molar refractivity (Wildman–Crippen MR) is 94.6 cm³/mol. The van der Waals surface area contributed by atoms with Gasteiger partial charge in [-0.1, -0.05) is 0 Å². The van der Waals surface area contributed by atoms with E-state index in [1.165, 1.54) is 24.2 Å². The summed E-state index contributed by atoms with van der Waals surface area (Å²) in [6.07, 6.45) is 5.18. The summed E-state index contributed by atoms with van der Waals surface area (Å²) in [5, 5.41) is 4.48. The maximum atomic E-state index is 12.8. The number of amides is 1. The summed E-state index contributed by atoms with van der Waals surface area (Å²) >= 11 is 1.46. The third kappa shape index (κ3) is 3.03. The topological polar surface area (TPSA) is 54.5 Å². The lowest BCUT2D eigenvalue weighted by atomic mass is 10.1. The zero-order chi connectivity index (χ0) is 16.5. The molecule has 2 fully saturated rings. The maximum absolute atomic E-state index is 12.8. The van der Waals surface area contributed by atoms with E-state index in [0.717, 1.165) is 40.7 Å². The van der Waals surface area contributed by atoms with E-state index in [1.54, 1.807) is 13.3 Å². The highest BCUT2D eigenvalue weighted by atomic mass is 32.1. The highest BCUT2D eigenvalue weighted by Gasteiger charge is 2.32. The Labute approximate surface area is 145 Å². The Kier molecular flexibility index (Phi) is 4.24. The number of likely N-dealkylation sites (tertiary alicyclic amines) is 1. The third-order valence-corrected chi connectivity index (χ3v) is 5.90. The van der Waals surface area contributed by atoms with Crippen molar-refractivity contribution in [1.82, 2.24) is 15.2 Å². The first kappa shape index (κ1) is 15.6. The molecule has 0 aliphatic carbocycles. The number of carbonyl (C=O) groups excluding carboxylic acids is 1. The fraction of sp³-hybridized carbons (Fsp3) is 0.444. The molecular formula is C18H21N3O2S. The first-order chi connectivity index (χ1) is 11.7. The summed E-state index contributed by atoms with van der Waals surface area (Å²) in [5.41, 5.74) is 1.01. The van der Waals surface area contributed by atoms with E-state index in [1.807, 2.05) is 29.2 Å². The van der Waals surface area contributed by atoms with Crippen molar-refractivity contribution in [3.05, 3.63) is 35.3 Å². The number of rotatable bonds is 3. The van der Waals surface area contributed by atoms with Gasteiger partial charge in [-0.25, -0.2) is 4.98 Å². The van der Waals surface area contributed by atoms with E-state index in [2.05, 4.69) is 10.3 Å². The van der Waals surface area contributed by atoms with Gasteiger partial charge in [-0.3, -0.25) is 4.79 Å². The molecule has 2 bridgehead atoms. The molecule has 1 aromatic carbocycles. The summed E-state index contributed by atoms with van der Waals surface area (Å²) in [4.78, 5) is 20.0. The molecule has 126 valence electrons. The Hall–Kier alpha value is -1.92. The van der Waals surface area contributed by atoms with E-state index in [0.29, 0.717) is 12.1 Å². The van der Waals surface area contributed by atoms with Crippen LogP contribution in [-0.2, 0) is 0 Å². The highest BCUT2D eigenvalue weighted by molar-refractivity contribution is 7.16. The number of thiazole rings is 1. The summed E-state index contributed by atoms with van der Waals surface area (Å²) < 4.78 is 5.18. The van der Waals surface area contributed by atoms with Gasteiger partial charge in [0, 0.05) is 30.7 Å². The molecule has 2 aliphatic rings. The summed E-state index contributed by atoms with van der Waals surface area (Å²) in [6.45, 7) is 1.65. The van der Waals surface area contributed by atoms with E-state index in [4.69, 9.17) is 4.74 Å². The second-order valence-corrected chi connectivity index (χ2v) is 7.47. The van der Waals surface area contributed by atoms with Crippen LogP contribution in [0.1, 0.15) is 28.9 Å². The van der Waals surface area contributed by atoms with Crippen LogP contribution in [0, 0.1) is 0 Å². The Bertz CT molecular complexity index is 728. The zero-order valence-electron chi connectivity index (χ0n) is 13.7. The number of aromatic nitrogens is 1. The molecule has 2 aromatic rings. The molecule has 5 nitrogen and oxygen atoms in total. The van der Waals surface area contributed by atoms with Gasteiger partial charge < -0.3 is 15.0 Å². The molecule has 4 rings (SSSR count). The number of nitrogens with one attached hydrogen (secondary N) is 1. The van der Waals surface area contributed by atoms with Gasteiger partial charge in [0.25, 0.3) is 5.91 Å². The standard InChI is InChI=1S/C18H21N3O2S/c1-23-15-6-2-12(3-7-15)17-19-10-16(24-17)18(22)21-9-8-13-4-5-14(11-21)20-13/h2-3,6-7,10,13-14,20H,4-5,8-9,11H2,1H3. The molecule has 6 heteroatoms. The minimum atomic E-state index is 0.113. The van der Waals surface area contributed by atoms with Crippen molar-refractivity contribution in [2.45, 2.75) is 31.3 Å². The third-order valence-electron chi connectivity index (χ3n) is 4.86. The Morgan fingerprint density at radius 1 is 1.25 bits per heavy atom. The van der Waals surface area contributed by atoms with E-state index < -0.39 is 0 Å². The van der Waals surface area contributed by atoms with E-state index >= 15 is 0 Å². The number of fused-ring (bicyclic) bond motifs is 2. The summed E-state index contributed by atoms with van der Waals surface area (Å²) in [7, 11) is 1.65. The molecule has 0 saturated carbocycles. The summed E-state index contributed by atoms with van der Waals surface area (Å²) in [5.74, 6) is 0.931. The number of nitrogens with zero attached hydrogens (tertiary/aromatic N) is 2. The maximum Gasteiger partial charge on any atom is 0.265 e. The van der Waals surface area contributed by atoms with Crippen LogP contribution in [0.25, 0.3) is 10.6 Å². The van der Waals surface area contributed by atoms with Crippen LogP contribution < -0.4 is 10.1 Å². The average Bonchev–Trinajstić information content (AvgIpc) is 3.21. The fourth-order valence-corrected chi connectivity index (χ4v) is 4.41. The van der Waals surface area contributed by atoms with Gasteiger partial charge in [0.1, 0.15) is 15.6 Å². The number of methoxy groups -OCH3 is 1. The Balaban J connectivity index is 1.50. The van der Waals surface area contributed by atoms with Crippen LogP contribution in [0.3, 0.4) is 0 Å². The monoisotopic (exact) mass is 343 g/mol. The number of hydrogen-bond acceptors (Lipinski definition) is 5. The second-order valence-electron chi connectivity index (χ2n) is 6.44. The van der Waals surface area contributed by atoms with Crippen LogP contribution in [0.4, 0.5) is 0 Å². The first-order valence-electron chi connectivity index (χ1n) is 8.38. The van der Waals surface area contributed by atoms with E-state index in [-0.39, 0.29) is 5.91 Å². The molecule has 2 saturated heterocycles. The van der Waals surface area contributed by atoms with Crippen molar-refractivity contribution in [1.29, 1.82) is 0 Å². The van der Waals surface area contributed by atoms with Gasteiger partial charge in [-0.05, 0) is 43.5 Å². The number of ether oxygens (including phenoxy) is 1. The van der Waals surface area contributed by atoms with Gasteiger partial charge in [0.05, 0.1) is 13.3 Å². The van der Waals surface area contributed by atoms with Crippen LogP contribution in [0.5, 0.6) is 5.75 Å². The van der Waals surface area contributed by atoms with Crippen molar-refractivity contribution in [2.75, 3.05) is 20.2 Å². The molecule has 2 atom stereocenters. The normalized spacial score (nSPS) is 23.1. The van der Waals surface area contributed by atoms with Gasteiger partial charge in [-0.2, -0.15) is 0 Å². The minimum absolute atomic E-state index is 0.113. The minimum Gasteiger partial charge on any atom is -0.497 e. The van der Waals surface area contributed by atoms with Crippen LogP contribution >= 0.6 is 11.3 Å². The molecule has 2 unspecified atom stereocenters. The van der Waals surface area contributed by atoms with Crippen molar-refractivity contribution >= 4 is 17.2 Å². The zero-order valence-corrected chi connectivity index (χ0v) is 14.5. The molecule has 1 N–H and O–H groups in total. The number of benzene rings is 1. The average molecular weight is 343 g/mol. The number of hydrogen-bond donors (Lipinski definition) is 1. The molecule has 24 heavy (non-hydrogen) atoms. The van der Waals surface area contributed by atoms with Gasteiger partial charge in [-0.15, -0.1) is 11.3 Å². The van der Waals surface area contributed by atoms with Crippen LogP contribution in [0.2, 0.25) is 0 Å². The molecule has 1 aromatic heterocycles. The van der Waals surface area contributed by atoms with Crippen LogP contribution in [-0.4, -0.2) is 48.1 Å². The molecule has 2 aliphatic heterocycles. The highest BCUT2D eigenvalue weighted by Crippen LogP contribution is 2.28. The lowest BCUT2D eigenvalue weighted by Gasteiger charge is -2.23. The van der Waals surface area contributed by atoms with Gasteiger partial charge in [0.15, 0.2) is 0 Å². The Morgan fingerprint density at radius 3 is 2.83 bits per heavy atom. The van der Waals surface area contributed by atoms with Gasteiger partial charge >= 0.3 is 0 Å². The quantitative estimate of drug-likeness (QED) is 0.931. The Morgan fingerprint density at radius 2 is 2.04 bits per heavy atom. The lowest BCUT2D eigenvalue weighted by Crippen LogP contribution is -2.38. The van der Waals surface area contributed by atoms with E-state index in [9.17, 15) is 4.79 Å². The summed E-state index contributed by atoms with van der Waals surface area (Å²) in [6, 6.07) is 8.81. The molecule has 0 radical (unpaired) electrons. The molecule has 0 spiro atoms. The van der Waals surface area contributed by atoms with Crippen molar-refractivity contribution in [3.8, 4) is 16.3 Å². The first-order valence-corrected chi connectivity index (χ1v) is 9.20. The van der Waals surface area contributed by atoms with Crippen molar-refractivity contribution in [3.63, 3.8) is 0 Å². The molecular weight excluding hydrogens is 322 g/mol. The number of carbonyl (C=O) groups is 1. The fourth-order valence-electron chi connectivity index (χ4n) is 3.52. The lowest BCUT2D eigenvalue weighted by molar-refractivity contribution is 0.0753. The molecule has 1 amide bonds. The van der Waals surface area contributed by atoms with Crippen LogP contribution in [0.15, 0.2) is 30.5 Å². The van der Waals surface area contributed by atoms with Crippen molar-refractivity contribution < 1.29 is 9.53 Å². The SMILES string of the molecule is COc1ccc(-c2ncc(C(=O)N3CCC4CCC(C3)N4)s2)cc1.